The highest BCUT2D eigenvalue weighted by molar-refractivity contribution is 5.94. The fourth-order valence-electron chi connectivity index (χ4n) is 4.01. The summed E-state index contributed by atoms with van der Waals surface area (Å²) in [6.07, 6.45) is 2.75. The number of ether oxygens (including phenoxy) is 2. The number of carbonyl (C=O) groups is 2. The third-order valence-electron chi connectivity index (χ3n) is 5.60. The summed E-state index contributed by atoms with van der Waals surface area (Å²) in [7, 11) is 1.60. The highest BCUT2D eigenvalue weighted by Crippen LogP contribution is 2.22. The summed E-state index contributed by atoms with van der Waals surface area (Å²) < 4.78 is 13.7. The van der Waals surface area contributed by atoms with E-state index in [9.17, 15) is 14.4 Å². The molecule has 0 fully saturated rings. The van der Waals surface area contributed by atoms with Gasteiger partial charge in [-0.1, -0.05) is 24.3 Å². The summed E-state index contributed by atoms with van der Waals surface area (Å²) >= 11 is 0. The van der Waals surface area contributed by atoms with E-state index in [0.717, 1.165) is 11.3 Å². The van der Waals surface area contributed by atoms with Crippen LogP contribution in [0.3, 0.4) is 0 Å². The third kappa shape index (κ3) is 5.85. The van der Waals surface area contributed by atoms with E-state index >= 15 is 0 Å². The number of fused-ring (bicyclic) bond motifs is 1. The number of amides is 2. The molecular weight excluding hydrogens is 448 g/mol. The number of benzene rings is 1. The molecule has 0 N–H and O–H groups in total. The Morgan fingerprint density at radius 2 is 1.80 bits per heavy atom. The molecule has 0 radical (unpaired) electrons. The molecule has 1 aliphatic heterocycles. The molecule has 1 aromatic carbocycles. The van der Waals surface area contributed by atoms with Crippen LogP contribution in [0.2, 0.25) is 0 Å². The van der Waals surface area contributed by atoms with E-state index in [0.29, 0.717) is 18.8 Å². The first kappa shape index (κ1) is 25.9. The van der Waals surface area contributed by atoms with Gasteiger partial charge in [0, 0.05) is 32.7 Å². The molecular formula is C26H34N4O5. The van der Waals surface area contributed by atoms with Crippen LogP contribution >= 0.6 is 0 Å². The quantitative estimate of drug-likeness (QED) is 0.538. The maximum Gasteiger partial charge on any atom is 0.410 e. The van der Waals surface area contributed by atoms with Crippen LogP contribution in [0.15, 0.2) is 54.4 Å². The molecule has 35 heavy (non-hydrogen) atoms. The van der Waals surface area contributed by atoms with Crippen LogP contribution in [-0.4, -0.2) is 56.7 Å². The Labute approximate surface area is 205 Å². The number of nitrogens with zero attached hydrogens (tertiary/aromatic N) is 4. The number of methoxy groups -OCH3 is 1. The van der Waals surface area contributed by atoms with Crippen LogP contribution in [0.25, 0.3) is 0 Å². The highest BCUT2D eigenvalue weighted by atomic mass is 16.6. The van der Waals surface area contributed by atoms with Gasteiger partial charge in [-0.25, -0.2) is 9.59 Å². The number of carbonyl (C=O) groups excluding carboxylic acids is 2. The van der Waals surface area contributed by atoms with E-state index in [2.05, 4.69) is 13.2 Å². The van der Waals surface area contributed by atoms with E-state index in [1.807, 2.05) is 24.3 Å². The summed E-state index contributed by atoms with van der Waals surface area (Å²) in [5, 5.41) is 0. The fourth-order valence-corrected chi connectivity index (χ4v) is 4.01. The maximum absolute atomic E-state index is 13.9. The number of hydrogen-bond acceptors (Lipinski definition) is 5. The Bertz CT molecular complexity index is 1150. The van der Waals surface area contributed by atoms with Gasteiger partial charge in [0.15, 0.2) is 0 Å². The number of aromatic nitrogens is 2. The van der Waals surface area contributed by atoms with E-state index in [-0.39, 0.29) is 43.5 Å². The lowest BCUT2D eigenvalue weighted by molar-refractivity contribution is 0.0196. The average Bonchev–Trinajstić information content (AvgIpc) is 3.09. The molecule has 0 bridgehead atoms. The first-order valence-electron chi connectivity index (χ1n) is 11.5. The predicted octanol–water partition coefficient (Wildman–Crippen LogP) is 3.42. The molecule has 3 rings (SSSR count). The van der Waals surface area contributed by atoms with Crippen LogP contribution in [0.4, 0.5) is 4.79 Å². The average molecular weight is 483 g/mol. The van der Waals surface area contributed by atoms with E-state index in [1.165, 1.54) is 9.47 Å². The minimum Gasteiger partial charge on any atom is -0.497 e. The van der Waals surface area contributed by atoms with Crippen molar-refractivity contribution in [3.05, 3.63) is 77.0 Å². The zero-order valence-electron chi connectivity index (χ0n) is 21.0. The van der Waals surface area contributed by atoms with Crippen molar-refractivity contribution in [3.8, 4) is 5.75 Å². The van der Waals surface area contributed by atoms with Gasteiger partial charge in [0.2, 0.25) is 0 Å². The van der Waals surface area contributed by atoms with Crippen molar-refractivity contribution in [2.75, 3.05) is 20.2 Å². The summed E-state index contributed by atoms with van der Waals surface area (Å²) in [6.45, 7) is 14.4. The Kier molecular flexibility index (Phi) is 7.89. The molecule has 2 heterocycles. The Morgan fingerprint density at radius 3 is 2.37 bits per heavy atom. The van der Waals surface area contributed by atoms with Crippen molar-refractivity contribution in [1.29, 1.82) is 0 Å². The number of allylic oxidation sites excluding steroid dienone is 1. The number of imidazole rings is 1. The van der Waals surface area contributed by atoms with Gasteiger partial charge in [-0.2, -0.15) is 0 Å². The molecule has 0 spiro atoms. The lowest BCUT2D eigenvalue weighted by atomic mass is 10.1. The lowest BCUT2D eigenvalue weighted by Gasteiger charge is -2.31. The SMILES string of the molecule is C=CCN(Cc1ccc(OC)cc1)C(=O)c1c2n(c(=O)n1CC=C)CCN(C(=O)OC(C)(C)C)C2. The molecule has 1 aliphatic rings. The van der Waals surface area contributed by atoms with E-state index < -0.39 is 11.7 Å². The fraction of sp³-hybridized carbons (Fsp3) is 0.423. The van der Waals surface area contributed by atoms with Gasteiger partial charge >= 0.3 is 11.8 Å². The van der Waals surface area contributed by atoms with Crippen molar-refractivity contribution < 1.29 is 19.1 Å². The number of rotatable bonds is 8. The molecule has 2 aromatic rings. The zero-order valence-corrected chi connectivity index (χ0v) is 21.0. The van der Waals surface area contributed by atoms with Crippen molar-refractivity contribution in [3.63, 3.8) is 0 Å². The van der Waals surface area contributed by atoms with Gasteiger partial charge in [-0.15, -0.1) is 13.2 Å². The van der Waals surface area contributed by atoms with Crippen LogP contribution in [0, 0.1) is 0 Å². The first-order valence-corrected chi connectivity index (χ1v) is 11.5. The van der Waals surface area contributed by atoms with Crippen molar-refractivity contribution in [2.45, 2.75) is 52.6 Å². The van der Waals surface area contributed by atoms with Crippen LogP contribution in [0.1, 0.15) is 42.5 Å². The highest BCUT2D eigenvalue weighted by Gasteiger charge is 2.34. The summed E-state index contributed by atoms with van der Waals surface area (Å²) in [5.74, 6) is 0.401. The lowest BCUT2D eigenvalue weighted by Crippen LogP contribution is -2.43. The second-order valence-electron chi connectivity index (χ2n) is 9.35. The van der Waals surface area contributed by atoms with Crippen LogP contribution in [-0.2, 0) is 30.9 Å². The minimum atomic E-state index is -0.652. The van der Waals surface area contributed by atoms with Crippen LogP contribution in [0.5, 0.6) is 5.75 Å². The molecule has 0 unspecified atom stereocenters. The molecule has 0 aliphatic carbocycles. The van der Waals surface area contributed by atoms with Gasteiger partial charge < -0.3 is 19.3 Å². The summed E-state index contributed by atoms with van der Waals surface area (Å²) in [4.78, 5) is 42.9. The van der Waals surface area contributed by atoms with Gasteiger partial charge in [-0.05, 0) is 38.5 Å². The largest absolute Gasteiger partial charge is 0.497 e. The molecule has 9 nitrogen and oxygen atoms in total. The van der Waals surface area contributed by atoms with Gasteiger partial charge in [0.25, 0.3) is 5.91 Å². The molecule has 0 saturated heterocycles. The predicted molar refractivity (Wildman–Crippen MR) is 133 cm³/mol. The van der Waals surface area contributed by atoms with Gasteiger partial charge in [-0.3, -0.25) is 13.9 Å². The topological polar surface area (TPSA) is 86.0 Å². The standard InChI is InChI=1S/C26H34N4O5/c1-7-13-27(17-19-9-11-20(34-6)12-10-19)23(31)22-21-18-28(25(33)35-26(3,4)5)15-16-29(21)24(32)30(22)14-8-2/h7-12H,1-2,13-18H2,3-6H3. The molecule has 2 amide bonds. The van der Waals surface area contributed by atoms with E-state index in [4.69, 9.17) is 9.47 Å². The van der Waals surface area contributed by atoms with Gasteiger partial charge in [0.05, 0.1) is 19.3 Å². The zero-order chi connectivity index (χ0) is 25.8. The monoisotopic (exact) mass is 482 g/mol. The van der Waals surface area contributed by atoms with Crippen molar-refractivity contribution >= 4 is 12.0 Å². The van der Waals surface area contributed by atoms with E-state index in [1.54, 1.807) is 49.5 Å². The molecule has 0 atom stereocenters. The molecule has 9 heteroatoms. The third-order valence-corrected chi connectivity index (χ3v) is 5.60. The summed E-state index contributed by atoms with van der Waals surface area (Å²) in [6, 6.07) is 7.44. The maximum atomic E-state index is 13.9. The normalized spacial score (nSPS) is 13.1. The Hall–Kier alpha value is -3.75. The summed E-state index contributed by atoms with van der Waals surface area (Å²) in [5.41, 5.74) is 0.694. The molecule has 1 aromatic heterocycles. The van der Waals surface area contributed by atoms with Crippen LogP contribution < -0.4 is 10.4 Å². The Morgan fingerprint density at radius 1 is 1.11 bits per heavy atom. The molecule has 0 saturated carbocycles. The second kappa shape index (κ2) is 10.7. The van der Waals surface area contributed by atoms with Gasteiger partial charge in [0.1, 0.15) is 17.0 Å². The number of hydrogen-bond donors (Lipinski definition) is 0. The smallest absolute Gasteiger partial charge is 0.410 e. The first-order chi connectivity index (χ1) is 16.6. The second-order valence-corrected chi connectivity index (χ2v) is 9.35. The molecule has 188 valence electrons. The van der Waals surface area contributed by atoms with Crippen molar-refractivity contribution in [2.24, 2.45) is 0 Å². The Balaban J connectivity index is 1.99. The van der Waals surface area contributed by atoms with Crippen molar-refractivity contribution in [1.82, 2.24) is 18.9 Å². The minimum absolute atomic E-state index is 0.0971.